The van der Waals surface area contributed by atoms with E-state index in [0.29, 0.717) is 23.7 Å². The predicted octanol–water partition coefficient (Wildman–Crippen LogP) is 1.84. The van der Waals surface area contributed by atoms with Crippen LogP contribution in [-0.4, -0.2) is 13.1 Å². The summed E-state index contributed by atoms with van der Waals surface area (Å²) in [6.07, 6.45) is 0.588. The van der Waals surface area contributed by atoms with Gasteiger partial charge in [-0.25, -0.2) is 0 Å². The third-order valence-electron chi connectivity index (χ3n) is 3.24. The highest BCUT2D eigenvalue weighted by molar-refractivity contribution is 5.70. The van der Waals surface area contributed by atoms with Crippen molar-refractivity contribution in [2.24, 2.45) is 17.3 Å². The van der Waals surface area contributed by atoms with Gasteiger partial charge in [0.15, 0.2) is 0 Å². The fraction of sp³-hybridized carbons (Fsp3) is 0.889. The summed E-state index contributed by atoms with van der Waals surface area (Å²) >= 11 is 0. The van der Waals surface area contributed by atoms with Gasteiger partial charge in [0, 0.05) is 6.42 Å². The van der Waals surface area contributed by atoms with Crippen molar-refractivity contribution in [3.05, 3.63) is 0 Å². The second-order valence-corrected chi connectivity index (χ2v) is 4.00. The van der Waals surface area contributed by atoms with Crippen molar-refractivity contribution in [1.29, 1.82) is 0 Å². The Hall–Kier alpha value is -0.530. The lowest BCUT2D eigenvalue weighted by molar-refractivity contribution is -0.141. The van der Waals surface area contributed by atoms with Gasteiger partial charge in [0.05, 0.1) is 7.11 Å². The Bertz CT molecular complexity index is 172. The van der Waals surface area contributed by atoms with Gasteiger partial charge >= 0.3 is 5.97 Å². The van der Waals surface area contributed by atoms with Crippen LogP contribution in [0.3, 0.4) is 0 Å². The number of hydrogen-bond acceptors (Lipinski definition) is 2. The normalized spacial score (nSPS) is 33.1. The third kappa shape index (κ3) is 1.39. The molecule has 0 N–H and O–H groups in total. The van der Waals surface area contributed by atoms with Gasteiger partial charge in [-0.05, 0) is 17.3 Å². The summed E-state index contributed by atoms with van der Waals surface area (Å²) in [4.78, 5) is 10.9. The molecular formula is C9H16O2. The zero-order chi connectivity index (χ0) is 8.65. The van der Waals surface area contributed by atoms with Crippen molar-refractivity contribution < 1.29 is 9.53 Å². The molecule has 1 aliphatic carbocycles. The smallest absolute Gasteiger partial charge is 0.305 e. The van der Waals surface area contributed by atoms with Crippen molar-refractivity contribution in [1.82, 2.24) is 0 Å². The Morgan fingerprint density at radius 1 is 1.55 bits per heavy atom. The van der Waals surface area contributed by atoms with E-state index in [0.717, 1.165) is 0 Å². The Morgan fingerprint density at radius 2 is 2.00 bits per heavy atom. The van der Waals surface area contributed by atoms with Gasteiger partial charge in [0.2, 0.25) is 0 Å². The second-order valence-electron chi connectivity index (χ2n) is 4.00. The van der Waals surface area contributed by atoms with Gasteiger partial charge in [-0.2, -0.15) is 0 Å². The molecule has 1 aliphatic rings. The number of carbonyl (C=O) groups is 1. The standard InChI is InChI=1S/C9H16O2/c1-6-7(9(6,2)3)5-8(10)11-4/h6-7H,5H2,1-4H3. The van der Waals surface area contributed by atoms with Crippen LogP contribution in [0, 0.1) is 17.3 Å². The molecule has 1 saturated carbocycles. The van der Waals surface area contributed by atoms with Crippen LogP contribution in [0.25, 0.3) is 0 Å². The first-order valence-electron chi connectivity index (χ1n) is 4.07. The molecule has 11 heavy (non-hydrogen) atoms. The SMILES string of the molecule is COC(=O)CC1C(C)C1(C)C. The molecule has 0 amide bonds. The number of hydrogen-bond donors (Lipinski definition) is 0. The van der Waals surface area contributed by atoms with Crippen LogP contribution < -0.4 is 0 Å². The van der Waals surface area contributed by atoms with E-state index in [2.05, 4.69) is 25.5 Å². The van der Waals surface area contributed by atoms with Crippen molar-refractivity contribution in [2.45, 2.75) is 27.2 Å². The molecule has 0 aliphatic heterocycles. The molecule has 0 aromatic carbocycles. The average molecular weight is 156 g/mol. The second kappa shape index (κ2) is 2.50. The molecule has 2 nitrogen and oxygen atoms in total. The maximum absolute atomic E-state index is 10.9. The average Bonchev–Trinajstić information content (AvgIpc) is 2.39. The highest BCUT2D eigenvalue weighted by atomic mass is 16.5. The Kier molecular flexibility index (Phi) is 1.95. The minimum atomic E-state index is -0.0765. The summed E-state index contributed by atoms with van der Waals surface area (Å²) in [7, 11) is 1.45. The van der Waals surface area contributed by atoms with Crippen molar-refractivity contribution >= 4 is 5.97 Å². The number of ether oxygens (including phenoxy) is 1. The topological polar surface area (TPSA) is 26.3 Å². The van der Waals surface area contributed by atoms with Crippen molar-refractivity contribution in [2.75, 3.05) is 7.11 Å². The molecule has 2 unspecified atom stereocenters. The first-order chi connectivity index (χ1) is 5.00. The van der Waals surface area contributed by atoms with E-state index in [-0.39, 0.29) is 5.97 Å². The molecule has 0 bridgehead atoms. The maximum Gasteiger partial charge on any atom is 0.305 e. The molecule has 0 aromatic heterocycles. The fourth-order valence-corrected chi connectivity index (χ4v) is 1.72. The van der Waals surface area contributed by atoms with E-state index in [4.69, 9.17) is 0 Å². The summed E-state index contributed by atoms with van der Waals surface area (Å²) < 4.78 is 4.60. The van der Waals surface area contributed by atoms with Crippen LogP contribution >= 0.6 is 0 Å². The Labute approximate surface area is 67.9 Å². The third-order valence-corrected chi connectivity index (χ3v) is 3.24. The molecule has 2 heteroatoms. The monoisotopic (exact) mass is 156 g/mol. The minimum absolute atomic E-state index is 0.0765. The van der Waals surface area contributed by atoms with E-state index in [1.165, 1.54) is 7.11 Å². The molecule has 0 spiro atoms. The van der Waals surface area contributed by atoms with Crippen molar-refractivity contribution in [3.63, 3.8) is 0 Å². The number of esters is 1. The van der Waals surface area contributed by atoms with Gasteiger partial charge in [0.25, 0.3) is 0 Å². The molecule has 0 heterocycles. The predicted molar refractivity (Wildman–Crippen MR) is 43.1 cm³/mol. The van der Waals surface area contributed by atoms with Crippen LogP contribution in [-0.2, 0) is 9.53 Å². The first kappa shape index (κ1) is 8.57. The first-order valence-corrected chi connectivity index (χ1v) is 4.07. The lowest BCUT2D eigenvalue weighted by Crippen LogP contribution is -2.03. The molecule has 0 saturated heterocycles. The summed E-state index contributed by atoms with van der Waals surface area (Å²) in [6.45, 7) is 6.59. The van der Waals surface area contributed by atoms with E-state index < -0.39 is 0 Å². The summed E-state index contributed by atoms with van der Waals surface area (Å²) in [5.74, 6) is 1.13. The molecule has 64 valence electrons. The molecule has 0 radical (unpaired) electrons. The molecule has 2 atom stereocenters. The van der Waals surface area contributed by atoms with Gasteiger partial charge < -0.3 is 4.74 Å². The summed E-state index contributed by atoms with van der Waals surface area (Å²) in [5, 5.41) is 0. The van der Waals surface area contributed by atoms with E-state index in [1.807, 2.05) is 0 Å². The van der Waals surface area contributed by atoms with E-state index >= 15 is 0 Å². The highest BCUT2D eigenvalue weighted by Gasteiger charge is 2.54. The van der Waals surface area contributed by atoms with Crippen molar-refractivity contribution in [3.8, 4) is 0 Å². The van der Waals surface area contributed by atoms with Crippen LogP contribution in [0.5, 0.6) is 0 Å². The van der Waals surface area contributed by atoms with Crippen LogP contribution in [0.15, 0.2) is 0 Å². The Morgan fingerprint density at radius 3 is 2.27 bits per heavy atom. The summed E-state index contributed by atoms with van der Waals surface area (Å²) in [6, 6.07) is 0. The summed E-state index contributed by atoms with van der Waals surface area (Å²) in [5.41, 5.74) is 0.355. The lowest BCUT2D eigenvalue weighted by Gasteiger charge is -2.00. The van der Waals surface area contributed by atoms with Gasteiger partial charge in [-0.3, -0.25) is 4.79 Å². The van der Waals surface area contributed by atoms with Gasteiger partial charge in [-0.15, -0.1) is 0 Å². The van der Waals surface area contributed by atoms with E-state index in [1.54, 1.807) is 0 Å². The maximum atomic E-state index is 10.9. The molecule has 1 fully saturated rings. The zero-order valence-electron chi connectivity index (χ0n) is 7.68. The number of carbonyl (C=O) groups excluding carboxylic acids is 1. The van der Waals surface area contributed by atoms with Gasteiger partial charge in [0.1, 0.15) is 0 Å². The molecule has 0 aromatic rings. The van der Waals surface area contributed by atoms with Crippen LogP contribution in [0.1, 0.15) is 27.2 Å². The highest BCUT2D eigenvalue weighted by Crippen LogP contribution is 2.59. The largest absolute Gasteiger partial charge is 0.469 e. The van der Waals surface area contributed by atoms with Crippen LogP contribution in [0.2, 0.25) is 0 Å². The Balaban J connectivity index is 2.38. The number of rotatable bonds is 2. The lowest BCUT2D eigenvalue weighted by atomic mass is 10.1. The minimum Gasteiger partial charge on any atom is -0.469 e. The molecular weight excluding hydrogens is 140 g/mol. The fourth-order valence-electron chi connectivity index (χ4n) is 1.72. The zero-order valence-corrected chi connectivity index (χ0v) is 7.68. The van der Waals surface area contributed by atoms with Crippen LogP contribution in [0.4, 0.5) is 0 Å². The molecule has 1 rings (SSSR count). The quantitative estimate of drug-likeness (QED) is 0.570. The van der Waals surface area contributed by atoms with E-state index in [9.17, 15) is 4.79 Å². The van der Waals surface area contributed by atoms with Gasteiger partial charge in [-0.1, -0.05) is 20.8 Å². The number of methoxy groups -OCH3 is 1.